The number of rotatable bonds is 6. The van der Waals surface area contributed by atoms with Gasteiger partial charge in [-0.15, -0.1) is 0 Å². The summed E-state index contributed by atoms with van der Waals surface area (Å²) >= 11 is 0. The molecule has 7 nitrogen and oxygen atoms in total. The second kappa shape index (κ2) is 6.60. The van der Waals surface area contributed by atoms with Crippen LogP contribution < -0.4 is 11.1 Å². The Balaban J connectivity index is 2.75. The lowest BCUT2D eigenvalue weighted by molar-refractivity contribution is -0.141. The second-order valence-electron chi connectivity index (χ2n) is 4.02. The van der Waals surface area contributed by atoms with Crippen LogP contribution in [-0.2, 0) is 16.0 Å². The van der Waals surface area contributed by atoms with E-state index in [0.717, 1.165) is 0 Å². The highest BCUT2D eigenvalue weighted by Gasteiger charge is 2.20. The Kier molecular flexibility index (Phi) is 5.13. The Bertz CT molecular complexity index is 475. The van der Waals surface area contributed by atoms with Gasteiger partial charge in [-0.3, -0.25) is 4.79 Å². The Labute approximate surface area is 109 Å². The van der Waals surface area contributed by atoms with Crippen molar-refractivity contribution in [2.45, 2.75) is 18.9 Å². The molecule has 0 heterocycles. The van der Waals surface area contributed by atoms with E-state index in [1.807, 2.05) is 0 Å². The summed E-state index contributed by atoms with van der Waals surface area (Å²) in [7, 11) is 0. The van der Waals surface area contributed by atoms with Crippen molar-refractivity contribution in [1.29, 1.82) is 0 Å². The molecule has 0 spiro atoms. The number of phenolic OH excluding ortho intramolecular Hbond substituents is 2. The minimum Gasteiger partial charge on any atom is -0.504 e. The first-order valence-corrected chi connectivity index (χ1v) is 5.67. The summed E-state index contributed by atoms with van der Waals surface area (Å²) in [6.45, 7) is 0.137. The van der Waals surface area contributed by atoms with Crippen LogP contribution in [0.3, 0.4) is 0 Å². The molecule has 104 valence electrons. The molecule has 0 bridgehead atoms. The maximum atomic E-state index is 11.3. The first-order chi connectivity index (χ1) is 8.93. The first kappa shape index (κ1) is 14.8. The van der Waals surface area contributed by atoms with Crippen molar-refractivity contribution in [3.8, 4) is 11.5 Å². The van der Waals surface area contributed by atoms with Crippen LogP contribution in [0.5, 0.6) is 11.5 Å². The number of nitrogens with one attached hydrogen (secondary N) is 1. The topological polar surface area (TPSA) is 133 Å². The third-order valence-corrected chi connectivity index (χ3v) is 2.48. The average molecular weight is 268 g/mol. The van der Waals surface area contributed by atoms with Crippen LogP contribution in [0.25, 0.3) is 0 Å². The molecular formula is C12H16N2O5. The number of carbonyl (C=O) groups is 2. The van der Waals surface area contributed by atoms with Crippen molar-refractivity contribution in [2.75, 3.05) is 6.54 Å². The molecule has 1 aromatic carbocycles. The van der Waals surface area contributed by atoms with Crippen molar-refractivity contribution in [3.63, 3.8) is 0 Å². The number of hydrogen-bond acceptors (Lipinski definition) is 5. The predicted molar refractivity (Wildman–Crippen MR) is 66.7 cm³/mol. The summed E-state index contributed by atoms with van der Waals surface area (Å²) in [5.41, 5.74) is 5.68. The molecule has 19 heavy (non-hydrogen) atoms. The van der Waals surface area contributed by atoms with Gasteiger partial charge < -0.3 is 26.4 Å². The highest BCUT2D eigenvalue weighted by atomic mass is 16.4. The summed E-state index contributed by atoms with van der Waals surface area (Å²) in [4.78, 5) is 22.4. The normalized spacial score (nSPS) is 11.8. The van der Waals surface area contributed by atoms with E-state index >= 15 is 0 Å². The lowest BCUT2D eigenvalue weighted by atomic mass is 10.1. The van der Waals surface area contributed by atoms with Crippen LogP contribution in [0.4, 0.5) is 0 Å². The van der Waals surface area contributed by atoms with E-state index in [0.29, 0.717) is 5.56 Å². The lowest BCUT2D eigenvalue weighted by Gasteiger charge is -2.14. The number of carboxylic acid groups (broad SMARTS) is 1. The standard InChI is InChI=1S/C12H16N2O5/c13-4-3-11(17)14-8(12(18)19)5-7-1-2-9(15)10(16)6-7/h1-2,6,8,15-16H,3-5,13H2,(H,14,17)(H,18,19)/t8-/m1/s1. The lowest BCUT2D eigenvalue weighted by Crippen LogP contribution is -2.42. The minimum absolute atomic E-state index is 0.000511. The van der Waals surface area contributed by atoms with E-state index in [1.165, 1.54) is 18.2 Å². The van der Waals surface area contributed by atoms with Crippen LogP contribution in [0.1, 0.15) is 12.0 Å². The molecule has 0 radical (unpaired) electrons. The van der Waals surface area contributed by atoms with Crippen LogP contribution in [-0.4, -0.2) is 39.8 Å². The summed E-state index contributed by atoms with van der Waals surface area (Å²) in [5.74, 6) is -2.26. The van der Waals surface area contributed by atoms with E-state index < -0.39 is 17.9 Å². The van der Waals surface area contributed by atoms with Gasteiger partial charge in [0.2, 0.25) is 5.91 Å². The maximum Gasteiger partial charge on any atom is 0.326 e. The minimum atomic E-state index is -1.18. The Morgan fingerprint density at radius 2 is 1.95 bits per heavy atom. The zero-order valence-electron chi connectivity index (χ0n) is 10.2. The molecule has 7 heteroatoms. The fourth-order valence-corrected chi connectivity index (χ4v) is 1.53. The predicted octanol–water partition coefficient (Wildman–Crippen LogP) is -0.441. The highest BCUT2D eigenvalue weighted by molar-refractivity contribution is 5.83. The molecule has 1 atom stereocenters. The zero-order valence-corrected chi connectivity index (χ0v) is 10.2. The summed E-state index contributed by atoms with van der Waals surface area (Å²) in [6.07, 6.45) is 0.0457. The Morgan fingerprint density at radius 1 is 1.26 bits per heavy atom. The summed E-state index contributed by atoms with van der Waals surface area (Å²) < 4.78 is 0. The average Bonchev–Trinajstić information content (AvgIpc) is 2.33. The SMILES string of the molecule is NCCC(=O)N[C@H](Cc1ccc(O)c(O)c1)C(=O)O. The zero-order chi connectivity index (χ0) is 14.4. The van der Waals surface area contributed by atoms with Crippen molar-refractivity contribution < 1.29 is 24.9 Å². The van der Waals surface area contributed by atoms with Gasteiger partial charge in [0.1, 0.15) is 6.04 Å². The number of benzene rings is 1. The number of nitrogens with two attached hydrogens (primary N) is 1. The fourth-order valence-electron chi connectivity index (χ4n) is 1.53. The largest absolute Gasteiger partial charge is 0.504 e. The van der Waals surface area contributed by atoms with Gasteiger partial charge in [0.25, 0.3) is 0 Å². The summed E-state index contributed by atoms with van der Waals surface area (Å²) in [6, 6.07) is 2.87. The van der Waals surface area contributed by atoms with Gasteiger partial charge in [-0.05, 0) is 17.7 Å². The number of hydrogen-bond donors (Lipinski definition) is 5. The molecule has 1 amide bonds. The van der Waals surface area contributed by atoms with E-state index in [9.17, 15) is 14.7 Å². The molecule has 1 rings (SSSR count). The van der Waals surface area contributed by atoms with Crippen LogP contribution in [0.2, 0.25) is 0 Å². The van der Waals surface area contributed by atoms with Gasteiger partial charge in [-0.25, -0.2) is 4.79 Å². The number of carbonyl (C=O) groups excluding carboxylic acids is 1. The first-order valence-electron chi connectivity index (χ1n) is 5.67. The molecule has 0 aliphatic carbocycles. The molecular weight excluding hydrogens is 252 g/mol. The molecule has 6 N–H and O–H groups in total. The van der Waals surface area contributed by atoms with E-state index in [4.69, 9.17) is 15.9 Å². The number of phenols is 2. The Hall–Kier alpha value is -2.28. The van der Waals surface area contributed by atoms with Crippen molar-refractivity contribution in [3.05, 3.63) is 23.8 Å². The molecule has 0 saturated carbocycles. The smallest absolute Gasteiger partial charge is 0.326 e. The van der Waals surface area contributed by atoms with Gasteiger partial charge >= 0.3 is 5.97 Å². The van der Waals surface area contributed by atoms with E-state index in [2.05, 4.69) is 5.32 Å². The Morgan fingerprint density at radius 3 is 2.47 bits per heavy atom. The van der Waals surface area contributed by atoms with Crippen LogP contribution >= 0.6 is 0 Å². The van der Waals surface area contributed by atoms with Gasteiger partial charge in [0.15, 0.2) is 11.5 Å². The van der Waals surface area contributed by atoms with Gasteiger partial charge in [0.05, 0.1) is 0 Å². The molecule has 0 unspecified atom stereocenters. The van der Waals surface area contributed by atoms with Crippen molar-refractivity contribution >= 4 is 11.9 Å². The number of carboxylic acids is 1. The number of amides is 1. The molecule has 0 aliphatic heterocycles. The van der Waals surface area contributed by atoms with Crippen LogP contribution in [0, 0.1) is 0 Å². The van der Waals surface area contributed by atoms with Crippen molar-refractivity contribution in [1.82, 2.24) is 5.32 Å². The number of aliphatic carboxylic acids is 1. The third-order valence-electron chi connectivity index (χ3n) is 2.48. The quantitative estimate of drug-likeness (QED) is 0.444. The monoisotopic (exact) mass is 268 g/mol. The van der Waals surface area contributed by atoms with Crippen LogP contribution in [0.15, 0.2) is 18.2 Å². The fraction of sp³-hybridized carbons (Fsp3) is 0.333. The molecule has 0 aromatic heterocycles. The molecule has 1 aromatic rings. The summed E-state index contributed by atoms with van der Waals surface area (Å²) in [5, 5.41) is 29.8. The van der Waals surface area contributed by atoms with Gasteiger partial charge in [-0.1, -0.05) is 6.07 Å². The second-order valence-corrected chi connectivity index (χ2v) is 4.02. The maximum absolute atomic E-state index is 11.3. The molecule has 0 saturated heterocycles. The van der Waals surface area contributed by atoms with E-state index in [1.54, 1.807) is 0 Å². The molecule has 0 fully saturated rings. The number of aromatic hydroxyl groups is 2. The highest BCUT2D eigenvalue weighted by Crippen LogP contribution is 2.25. The molecule has 0 aliphatic rings. The van der Waals surface area contributed by atoms with Gasteiger partial charge in [0, 0.05) is 19.4 Å². The van der Waals surface area contributed by atoms with Gasteiger partial charge in [-0.2, -0.15) is 0 Å². The van der Waals surface area contributed by atoms with E-state index in [-0.39, 0.29) is 30.9 Å². The van der Waals surface area contributed by atoms with Crippen molar-refractivity contribution in [2.24, 2.45) is 5.73 Å². The third kappa shape index (κ3) is 4.47.